The minimum atomic E-state index is -0.0487. The van der Waals surface area contributed by atoms with Crippen LogP contribution in [0.15, 0.2) is 12.4 Å². The van der Waals surface area contributed by atoms with E-state index in [-0.39, 0.29) is 11.8 Å². The van der Waals surface area contributed by atoms with E-state index in [0.717, 1.165) is 5.69 Å². The molecule has 1 amide bonds. The standard InChI is InChI=1S/C11H20N4O/c1-8(2)15-7-10(6-13-15)14-11(16)9(3)5-12-4/h6-9,12H,5H2,1-4H3,(H,14,16). The second kappa shape index (κ2) is 5.65. The molecule has 0 saturated carbocycles. The van der Waals surface area contributed by atoms with E-state index in [9.17, 15) is 4.79 Å². The van der Waals surface area contributed by atoms with Crippen molar-refractivity contribution in [3.63, 3.8) is 0 Å². The largest absolute Gasteiger partial charge is 0.323 e. The van der Waals surface area contributed by atoms with E-state index in [1.807, 2.05) is 38.7 Å². The summed E-state index contributed by atoms with van der Waals surface area (Å²) in [6.07, 6.45) is 3.51. The van der Waals surface area contributed by atoms with Gasteiger partial charge in [-0.05, 0) is 20.9 Å². The van der Waals surface area contributed by atoms with E-state index in [2.05, 4.69) is 15.7 Å². The Balaban J connectivity index is 2.56. The molecule has 90 valence electrons. The van der Waals surface area contributed by atoms with Crippen LogP contribution in [0.3, 0.4) is 0 Å². The van der Waals surface area contributed by atoms with E-state index in [1.54, 1.807) is 6.20 Å². The second-order valence-corrected chi connectivity index (χ2v) is 4.25. The molecule has 0 aliphatic carbocycles. The number of carbonyl (C=O) groups excluding carboxylic acids is 1. The zero-order valence-electron chi connectivity index (χ0n) is 10.3. The summed E-state index contributed by atoms with van der Waals surface area (Å²) >= 11 is 0. The van der Waals surface area contributed by atoms with E-state index < -0.39 is 0 Å². The molecule has 0 radical (unpaired) electrons. The van der Waals surface area contributed by atoms with Gasteiger partial charge in [-0.3, -0.25) is 9.48 Å². The minimum Gasteiger partial charge on any atom is -0.323 e. The molecule has 0 bridgehead atoms. The first-order valence-corrected chi connectivity index (χ1v) is 5.54. The maximum absolute atomic E-state index is 11.7. The van der Waals surface area contributed by atoms with Crippen molar-refractivity contribution in [3.8, 4) is 0 Å². The van der Waals surface area contributed by atoms with Crippen LogP contribution in [0.1, 0.15) is 26.8 Å². The highest BCUT2D eigenvalue weighted by molar-refractivity contribution is 5.92. The fourth-order valence-electron chi connectivity index (χ4n) is 1.35. The molecule has 1 aromatic heterocycles. The number of carbonyl (C=O) groups is 1. The fourth-order valence-corrected chi connectivity index (χ4v) is 1.35. The molecule has 0 saturated heterocycles. The van der Waals surface area contributed by atoms with Gasteiger partial charge in [-0.2, -0.15) is 5.10 Å². The number of amides is 1. The zero-order valence-corrected chi connectivity index (χ0v) is 10.3. The normalized spacial score (nSPS) is 12.8. The first-order valence-electron chi connectivity index (χ1n) is 5.54. The Morgan fingerprint density at radius 1 is 1.50 bits per heavy atom. The summed E-state index contributed by atoms with van der Waals surface area (Å²) in [5.41, 5.74) is 0.752. The van der Waals surface area contributed by atoms with Crippen molar-refractivity contribution in [1.82, 2.24) is 15.1 Å². The van der Waals surface area contributed by atoms with Gasteiger partial charge in [-0.25, -0.2) is 0 Å². The Morgan fingerprint density at radius 3 is 2.69 bits per heavy atom. The molecule has 5 nitrogen and oxygen atoms in total. The molecule has 0 spiro atoms. The van der Waals surface area contributed by atoms with Crippen molar-refractivity contribution >= 4 is 11.6 Å². The Morgan fingerprint density at radius 2 is 2.19 bits per heavy atom. The van der Waals surface area contributed by atoms with Crippen molar-refractivity contribution in [3.05, 3.63) is 12.4 Å². The molecule has 0 aromatic carbocycles. The molecular weight excluding hydrogens is 204 g/mol. The number of nitrogens with zero attached hydrogens (tertiary/aromatic N) is 2. The van der Waals surface area contributed by atoms with Gasteiger partial charge in [0.15, 0.2) is 0 Å². The van der Waals surface area contributed by atoms with Crippen molar-refractivity contribution in [1.29, 1.82) is 0 Å². The van der Waals surface area contributed by atoms with Crippen LogP contribution in [-0.2, 0) is 4.79 Å². The van der Waals surface area contributed by atoms with Crippen LogP contribution < -0.4 is 10.6 Å². The van der Waals surface area contributed by atoms with Gasteiger partial charge in [-0.1, -0.05) is 6.92 Å². The predicted octanol–water partition coefficient (Wildman–Crippen LogP) is 1.26. The van der Waals surface area contributed by atoms with Crippen molar-refractivity contribution in [2.24, 2.45) is 5.92 Å². The zero-order chi connectivity index (χ0) is 12.1. The number of anilines is 1. The van der Waals surface area contributed by atoms with Gasteiger partial charge < -0.3 is 10.6 Å². The quantitative estimate of drug-likeness (QED) is 0.791. The Bertz CT molecular complexity index is 346. The molecule has 0 aliphatic heterocycles. The number of hydrogen-bond donors (Lipinski definition) is 2. The van der Waals surface area contributed by atoms with E-state index in [4.69, 9.17) is 0 Å². The van der Waals surface area contributed by atoms with Crippen LogP contribution in [0.2, 0.25) is 0 Å². The monoisotopic (exact) mass is 224 g/mol. The minimum absolute atomic E-state index is 0.0117. The topological polar surface area (TPSA) is 59.0 Å². The summed E-state index contributed by atoms with van der Waals surface area (Å²) in [5, 5.41) is 9.98. The van der Waals surface area contributed by atoms with E-state index in [1.165, 1.54) is 0 Å². The summed E-state index contributed by atoms with van der Waals surface area (Å²) < 4.78 is 1.82. The fraction of sp³-hybridized carbons (Fsp3) is 0.636. The summed E-state index contributed by atoms with van der Waals surface area (Å²) in [4.78, 5) is 11.7. The van der Waals surface area contributed by atoms with Gasteiger partial charge in [0.1, 0.15) is 0 Å². The van der Waals surface area contributed by atoms with Gasteiger partial charge in [0.2, 0.25) is 5.91 Å². The van der Waals surface area contributed by atoms with E-state index in [0.29, 0.717) is 12.6 Å². The second-order valence-electron chi connectivity index (χ2n) is 4.25. The Hall–Kier alpha value is -1.36. The van der Waals surface area contributed by atoms with Crippen LogP contribution in [0.5, 0.6) is 0 Å². The molecule has 0 aliphatic rings. The van der Waals surface area contributed by atoms with Gasteiger partial charge >= 0.3 is 0 Å². The summed E-state index contributed by atoms with van der Waals surface area (Å²) in [5.74, 6) is -0.0370. The first-order chi connectivity index (χ1) is 7.54. The lowest BCUT2D eigenvalue weighted by Gasteiger charge is -2.10. The lowest BCUT2D eigenvalue weighted by molar-refractivity contribution is -0.119. The van der Waals surface area contributed by atoms with Crippen LogP contribution in [0.4, 0.5) is 5.69 Å². The Labute approximate surface area is 96.2 Å². The molecule has 0 fully saturated rings. The third kappa shape index (κ3) is 3.34. The highest BCUT2D eigenvalue weighted by Gasteiger charge is 2.12. The van der Waals surface area contributed by atoms with Crippen LogP contribution in [0, 0.1) is 5.92 Å². The molecule has 1 atom stereocenters. The smallest absolute Gasteiger partial charge is 0.228 e. The highest BCUT2D eigenvalue weighted by Crippen LogP contribution is 2.10. The molecule has 5 heteroatoms. The van der Waals surface area contributed by atoms with Crippen molar-refractivity contribution in [2.45, 2.75) is 26.8 Å². The summed E-state index contributed by atoms with van der Waals surface area (Å²) in [6.45, 7) is 6.65. The number of hydrogen-bond acceptors (Lipinski definition) is 3. The molecule has 1 unspecified atom stereocenters. The molecule has 16 heavy (non-hydrogen) atoms. The van der Waals surface area contributed by atoms with Crippen LogP contribution in [0.25, 0.3) is 0 Å². The summed E-state index contributed by atoms with van der Waals surface area (Å²) in [6, 6.07) is 0.306. The summed E-state index contributed by atoms with van der Waals surface area (Å²) in [7, 11) is 1.83. The van der Waals surface area contributed by atoms with Crippen LogP contribution >= 0.6 is 0 Å². The number of aromatic nitrogens is 2. The first kappa shape index (κ1) is 12.7. The van der Waals surface area contributed by atoms with Gasteiger partial charge in [-0.15, -0.1) is 0 Å². The third-order valence-corrected chi connectivity index (χ3v) is 2.36. The third-order valence-electron chi connectivity index (χ3n) is 2.36. The van der Waals surface area contributed by atoms with E-state index >= 15 is 0 Å². The number of rotatable bonds is 5. The van der Waals surface area contributed by atoms with Gasteiger partial charge in [0.05, 0.1) is 11.9 Å². The lowest BCUT2D eigenvalue weighted by atomic mass is 10.1. The average molecular weight is 224 g/mol. The van der Waals surface area contributed by atoms with Gasteiger partial charge in [0.25, 0.3) is 0 Å². The maximum atomic E-state index is 11.7. The average Bonchev–Trinajstić information content (AvgIpc) is 2.66. The highest BCUT2D eigenvalue weighted by atomic mass is 16.1. The Kier molecular flexibility index (Phi) is 4.49. The van der Waals surface area contributed by atoms with Crippen molar-refractivity contribution in [2.75, 3.05) is 18.9 Å². The maximum Gasteiger partial charge on any atom is 0.228 e. The van der Waals surface area contributed by atoms with Gasteiger partial charge in [0, 0.05) is 24.7 Å². The molecule has 1 rings (SSSR count). The SMILES string of the molecule is CNCC(C)C(=O)Nc1cnn(C(C)C)c1. The number of nitrogens with one attached hydrogen (secondary N) is 2. The molecule has 2 N–H and O–H groups in total. The van der Waals surface area contributed by atoms with Crippen LogP contribution in [-0.4, -0.2) is 29.3 Å². The molecule has 1 aromatic rings. The molecule has 1 heterocycles. The van der Waals surface area contributed by atoms with Crippen molar-refractivity contribution < 1.29 is 4.79 Å². The predicted molar refractivity (Wildman–Crippen MR) is 64.3 cm³/mol. The lowest BCUT2D eigenvalue weighted by Crippen LogP contribution is -2.28. The molecular formula is C11H20N4O.